The molecule has 104 valence electrons. The van der Waals surface area contributed by atoms with Crippen molar-refractivity contribution in [1.29, 1.82) is 0 Å². The van der Waals surface area contributed by atoms with Crippen LogP contribution in [0.1, 0.15) is 25.0 Å². The Morgan fingerprint density at radius 3 is 2.47 bits per heavy atom. The van der Waals surface area contributed by atoms with E-state index in [1.54, 1.807) is 0 Å². The van der Waals surface area contributed by atoms with E-state index in [4.69, 9.17) is 4.74 Å². The van der Waals surface area contributed by atoms with Crippen LogP contribution in [0.2, 0.25) is 0 Å². The van der Waals surface area contributed by atoms with Crippen molar-refractivity contribution in [3.63, 3.8) is 0 Å². The molecule has 2 nitrogen and oxygen atoms in total. The van der Waals surface area contributed by atoms with Crippen LogP contribution in [0, 0.1) is 12.8 Å². The first-order chi connectivity index (χ1) is 9.00. The van der Waals surface area contributed by atoms with Gasteiger partial charge in [0.15, 0.2) is 0 Å². The second-order valence-corrected chi connectivity index (χ2v) is 5.92. The molecule has 0 N–H and O–H groups in total. The number of aryl methyl sites for hydroxylation is 1. The van der Waals surface area contributed by atoms with E-state index in [1.807, 2.05) is 26.0 Å². The van der Waals surface area contributed by atoms with Crippen molar-refractivity contribution in [2.45, 2.75) is 32.0 Å². The number of benzene rings is 1. The lowest BCUT2D eigenvalue weighted by molar-refractivity contribution is -0.142. The third-order valence-electron chi connectivity index (χ3n) is 2.77. The summed E-state index contributed by atoms with van der Waals surface area (Å²) in [7, 11) is 0. The van der Waals surface area contributed by atoms with E-state index >= 15 is 0 Å². The predicted octanol–water partition coefficient (Wildman–Crippen LogP) is 4.06. The molecule has 1 aromatic rings. The standard InChI is InChI=1S/C16H21BrO2/c1-12(2)15(17)16(18)19-11-5-4-6-14-9-7-13(3)8-10-14/h4-5,7-10,12,15H,6,11H2,1-3H3/b5-4+. The highest BCUT2D eigenvalue weighted by Crippen LogP contribution is 2.13. The summed E-state index contributed by atoms with van der Waals surface area (Å²) >= 11 is 3.32. The lowest BCUT2D eigenvalue weighted by Gasteiger charge is -2.11. The van der Waals surface area contributed by atoms with E-state index in [0.29, 0.717) is 6.61 Å². The van der Waals surface area contributed by atoms with Crippen molar-refractivity contribution in [2.24, 2.45) is 5.92 Å². The third-order valence-corrected chi connectivity index (χ3v) is 4.20. The minimum atomic E-state index is -0.224. The normalized spacial score (nSPS) is 12.9. The number of allylic oxidation sites excluding steroid dienone is 1. The Bertz CT molecular complexity index is 421. The van der Waals surface area contributed by atoms with Gasteiger partial charge in [0, 0.05) is 0 Å². The number of esters is 1. The molecule has 1 atom stereocenters. The van der Waals surface area contributed by atoms with Gasteiger partial charge in [-0.05, 0) is 24.8 Å². The molecule has 0 amide bonds. The van der Waals surface area contributed by atoms with Crippen LogP contribution in [-0.2, 0) is 16.0 Å². The zero-order chi connectivity index (χ0) is 14.3. The van der Waals surface area contributed by atoms with Crippen molar-refractivity contribution >= 4 is 21.9 Å². The molecule has 0 radical (unpaired) electrons. The molecule has 0 fully saturated rings. The SMILES string of the molecule is Cc1ccc(C/C=C/COC(=O)C(Br)C(C)C)cc1. The molecule has 0 aliphatic carbocycles. The van der Waals surface area contributed by atoms with Gasteiger partial charge in [0.2, 0.25) is 0 Å². The van der Waals surface area contributed by atoms with Gasteiger partial charge in [-0.2, -0.15) is 0 Å². The van der Waals surface area contributed by atoms with Gasteiger partial charge in [-0.15, -0.1) is 0 Å². The highest BCUT2D eigenvalue weighted by Gasteiger charge is 2.19. The van der Waals surface area contributed by atoms with Crippen LogP contribution in [0.15, 0.2) is 36.4 Å². The number of rotatable bonds is 6. The van der Waals surface area contributed by atoms with E-state index in [0.717, 1.165) is 6.42 Å². The fourth-order valence-electron chi connectivity index (χ4n) is 1.49. The number of ether oxygens (including phenoxy) is 1. The van der Waals surface area contributed by atoms with Gasteiger partial charge in [-0.1, -0.05) is 71.8 Å². The molecule has 19 heavy (non-hydrogen) atoms. The van der Waals surface area contributed by atoms with Crippen LogP contribution in [0.3, 0.4) is 0 Å². The Labute approximate surface area is 124 Å². The number of halogens is 1. The summed E-state index contributed by atoms with van der Waals surface area (Å²) in [5.41, 5.74) is 2.52. The summed E-state index contributed by atoms with van der Waals surface area (Å²) < 4.78 is 5.15. The zero-order valence-electron chi connectivity index (χ0n) is 11.7. The van der Waals surface area contributed by atoms with E-state index in [2.05, 4.69) is 47.1 Å². The van der Waals surface area contributed by atoms with Crippen LogP contribution in [-0.4, -0.2) is 17.4 Å². The molecule has 1 aromatic carbocycles. The summed E-state index contributed by atoms with van der Waals surface area (Å²) in [6, 6.07) is 8.42. The van der Waals surface area contributed by atoms with E-state index in [1.165, 1.54) is 11.1 Å². The van der Waals surface area contributed by atoms with E-state index in [-0.39, 0.29) is 16.7 Å². The number of carbonyl (C=O) groups excluding carboxylic acids is 1. The smallest absolute Gasteiger partial charge is 0.320 e. The molecule has 0 saturated heterocycles. The summed E-state index contributed by atoms with van der Waals surface area (Å²) in [5.74, 6) is 0.0408. The van der Waals surface area contributed by atoms with Gasteiger partial charge in [0.25, 0.3) is 0 Å². The maximum absolute atomic E-state index is 11.6. The second kappa shape index (κ2) is 8.16. The number of hydrogen-bond acceptors (Lipinski definition) is 2. The number of carbonyl (C=O) groups is 1. The third kappa shape index (κ3) is 6.06. The minimum absolute atomic E-state index is 0.199. The van der Waals surface area contributed by atoms with Crippen molar-refractivity contribution in [2.75, 3.05) is 6.61 Å². The maximum atomic E-state index is 11.6. The summed E-state index contributed by atoms with van der Waals surface area (Å²) in [5, 5.41) is 0. The lowest BCUT2D eigenvalue weighted by atomic mass is 10.1. The monoisotopic (exact) mass is 324 g/mol. The van der Waals surface area contributed by atoms with E-state index in [9.17, 15) is 4.79 Å². The highest BCUT2D eigenvalue weighted by atomic mass is 79.9. The molecule has 3 heteroatoms. The summed E-state index contributed by atoms with van der Waals surface area (Å²) in [6.45, 7) is 6.37. The Kier molecular flexibility index (Phi) is 6.85. The molecule has 0 heterocycles. The minimum Gasteiger partial charge on any atom is -0.461 e. The van der Waals surface area contributed by atoms with Gasteiger partial charge < -0.3 is 4.74 Å². The first-order valence-electron chi connectivity index (χ1n) is 6.52. The second-order valence-electron chi connectivity index (χ2n) is 4.94. The molecule has 1 rings (SSSR count). The predicted molar refractivity (Wildman–Crippen MR) is 82.5 cm³/mol. The zero-order valence-corrected chi connectivity index (χ0v) is 13.3. The highest BCUT2D eigenvalue weighted by molar-refractivity contribution is 9.10. The van der Waals surface area contributed by atoms with Crippen LogP contribution in [0.25, 0.3) is 0 Å². The topological polar surface area (TPSA) is 26.3 Å². The van der Waals surface area contributed by atoms with Crippen molar-refractivity contribution in [1.82, 2.24) is 0 Å². The molecule has 0 bridgehead atoms. The molecule has 0 aliphatic rings. The first-order valence-corrected chi connectivity index (χ1v) is 7.43. The van der Waals surface area contributed by atoms with Crippen molar-refractivity contribution in [3.8, 4) is 0 Å². The van der Waals surface area contributed by atoms with Gasteiger partial charge in [-0.25, -0.2) is 0 Å². The van der Waals surface area contributed by atoms with Crippen LogP contribution in [0.5, 0.6) is 0 Å². The number of alkyl halides is 1. The van der Waals surface area contributed by atoms with Gasteiger partial charge in [-0.3, -0.25) is 4.79 Å². The maximum Gasteiger partial charge on any atom is 0.320 e. The fraction of sp³-hybridized carbons (Fsp3) is 0.438. The molecule has 0 aliphatic heterocycles. The van der Waals surface area contributed by atoms with Crippen LogP contribution < -0.4 is 0 Å². The summed E-state index contributed by atoms with van der Waals surface area (Å²) in [4.78, 5) is 11.3. The largest absolute Gasteiger partial charge is 0.461 e. The molecule has 1 unspecified atom stereocenters. The summed E-state index contributed by atoms with van der Waals surface area (Å²) in [6.07, 6.45) is 4.77. The molecular weight excluding hydrogens is 304 g/mol. The molecule has 0 aromatic heterocycles. The molecular formula is C16H21BrO2. The van der Waals surface area contributed by atoms with Crippen molar-refractivity contribution in [3.05, 3.63) is 47.5 Å². The van der Waals surface area contributed by atoms with Crippen molar-refractivity contribution < 1.29 is 9.53 Å². The van der Waals surface area contributed by atoms with Crippen LogP contribution >= 0.6 is 15.9 Å². The molecule has 0 spiro atoms. The Morgan fingerprint density at radius 2 is 1.89 bits per heavy atom. The Balaban J connectivity index is 2.28. The fourth-order valence-corrected chi connectivity index (χ4v) is 1.63. The average Bonchev–Trinajstić information content (AvgIpc) is 2.39. The lowest BCUT2D eigenvalue weighted by Crippen LogP contribution is -2.22. The van der Waals surface area contributed by atoms with Gasteiger partial charge >= 0.3 is 5.97 Å². The Hall–Kier alpha value is -1.09. The quantitative estimate of drug-likeness (QED) is 0.448. The van der Waals surface area contributed by atoms with Gasteiger partial charge in [0.05, 0.1) is 0 Å². The average molecular weight is 325 g/mol. The Morgan fingerprint density at radius 1 is 1.26 bits per heavy atom. The first kappa shape index (κ1) is 16.0. The van der Waals surface area contributed by atoms with E-state index < -0.39 is 0 Å². The van der Waals surface area contributed by atoms with Crippen LogP contribution in [0.4, 0.5) is 0 Å². The number of hydrogen-bond donors (Lipinski definition) is 0. The molecule has 0 saturated carbocycles. The van der Waals surface area contributed by atoms with Gasteiger partial charge in [0.1, 0.15) is 11.4 Å².